The molecule has 0 aromatic carbocycles. The lowest BCUT2D eigenvalue weighted by atomic mass is 9.80. The van der Waals surface area contributed by atoms with Gasteiger partial charge in [-0.05, 0) is 17.8 Å². The van der Waals surface area contributed by atoms with Crippen molar-refractivity contribution in [1.82, 2.24) is 0 Å². The van der Waals surface area contributed by atoms with Gasteiger partial charge in [0.1, 0.15) is 0 Å². The van der Waals surface area contributed by atoms with Gasteiger partial charge in [-0.2, -0.15) is 0 Å². The van der Waals surface area contributed by atoms with Crippen LogP contribution < -0.4 is 0 Å². The summed E-state index contributed by atoms with van der Waals surface area (Å²) in [4.78, 5) is 0. The van der Waals surface area contributed by atoms with Gasteiger partial charge in [-0.15, -0.1) is 0 Å². The van der Waals surface area contributed by atoms with Crippen molar-refractivity contribution in [3.63, 3.8) is 0 Å². The van der Waals surface area contributed by atoms with E-state index in [2.05, 4.69) is 20.8 Å². The van der Waals surface area contributed by atoms with Gasteiger partial charge in [-0.3, -0.25) is 0 Å². The first-order valence-electron chi connectivity index (χ1n) is 7.72. The molecule has 0 aromatic heterocycles. The minimum absolute atomic E-state index is 0.969. The van der Waals surface area contributed by atoms with Crippen molar-refractivity contribution in [1.29, 1.82) is 0 Å². The average molecular weight is 224 g/mol. The van der Waals surface area contributed by atoms with E-state index >= 15 is 0 Å². The van der Waals surface area contributed by atoms with Gasteiger partial charge in [0, 0.05) is 0 Å². The summed E-state index contributed by atoms with van der Waals surface area (Å²) in [5.41, 5.74) is 0. The maximum Gasteiger partial charge on any atom is -0.0414 e. The third kappa shape index (κ3) is 5.92. The molecule has 0 radical (unpaired) electrons. The van der Waals surface area contributed by atoms with Crippen molar-refractivity contribution in [2.45, 2.75) is 85.0 Å². The lowest BCUT2D eigenvalue weighted by molar-refractivity contribution is 0.269. The molecule has 1 fully saturated rings. The molecule has 0 heterocycles. The van der Waals surface area contributed by atoms with Crippen molar-refractivity contribution >= 4 is 0 Å². The Labute approximate surface area is 103 Å². The summed E-state index contributed by atoms with van der Waals surface area (Å²) in [6.07, 6.45) is 14.8. The summed E-state index contributed by atoms with van der Waals surface area (Å²) in [5.74, 6) is 3.06. The predicted octanol–water partition coefficient (Wildman–Crippen LogP) is 5.81. The fourth-order valence-corrected chi connectivity index (χ4v) is 3.18. The molecule has 16 heavy (non-hydrogen) atoms. The molecular formula is C16H32. The SMILES string of the molecule is CCCC(C)CCCCC1CCC(C)CC1. The fourth-order valence-electron chi connectivity index (χ4n) is 3.18. The third-order valence-electron chi connectivity index (χ3n) is 4.48. The van der Waals surface area contributed by atoms with E-state index in [1.165, 1.54) is 64.2 Å². The molecule has 1 atom stereocenters. The second kappa shape index (κ2) is 8.14. The first-order valence-corrected chi connectivity index (χ1v) is 7.72. The third-order valence-corrected chi connectivity index (χ3v) is 4.48. The Balaban J connectivity index is 1.95. The van der Waals surface area contributed by atoms with Crippen LogP contribution in [0.2, 0.25) is 0 Å². The molecule has 0 aromatic rings. The minimum Gasteiger partial charge on any atom is -0.0654 e. The van der Waals surface area contributed by atoms with E-state index in [4.69, 9.17) is 0 Å². The van der Waals surface area contributed by atoms with Gasteiger partial charge >= 0.3 is 0 Å². The van der Waals surface area contributed by atoms with Crippen molar-refractivity contribution in [3.05, 3.63) is 0 Å². The summed E-state index contributed by atoms with van der Waals surface area (Å²) < 4.78 is 0. The summed E-state index contributed by atoms with van der Waals surface area (Å²) in [5, 5.41) is 0. The van der Waals surface area contributed by atoms with Gasteiger partial charge in [0.2, 0.25) is 0 Å². The van der Waals surface area contributed by atoms with Crippen LogP contribution in [-0.2, 0) is 0 Å². The molecule has 1 unspecified atom stereocenters. The van der Waals surface area contributed by atoms with Crippen molar-refractivity contribution in [2.75, 3.05) is 0 Å². The topological polar surface area (TPSA) is 0 Å². The summed E-state index contributed by atoms with van der Waals surface area (Å²) >= 11 is 0. The lowest BCUT2D eigenvalue weighted by Gasteiger charge is -2.26. The van der Waals surface area contributed by atoms with Crippen LogP contribution >= 0.6 is 0 Å². The average Bonchev–Trinajstić information content (AvgIpc) is 2.27. The molecule has 0 nitrogen and oxygen atoms in total. The first kappa shape index (κ1) is 14.1. The summed E-state index contributed by atoms with van der Waals surface area (Å²) in [7, 11) is 0. The van der Waals surface area contributed by atoms with Crippen molar-refractivity contribution in [3.8, 4) is 0 Å². The van der Waals surface area contributed by atoms with Crippen LogP contribution in [0.1, 0.15) is 85.0 Å². The maximum atomic E-state index is 2.42. The minimum atomic E-state index is 0.969. The van der Waals surface area contributed by atoms with Crippen LogP contribution in [0, 0.1) is 17.8 Å². The molecule has 1 saturated carbocycles. The quantitative estimate of drug-likeness (QED) is 0.479. The predicted molar refractivity (Wildman–Crippen MR) is 73.7 cm³/mol. The zero-order valence-corrected chi connectivity index (χ0v) is 11.8. The molecule has 96 valence electrons. The number of rotatable bonds is 7. The number of unbranched alkanes of at least 4 members (excludes halogenated alkanes) is 1. The largest absolute Gasteiger partial charge is 0.0654 e. The molecule has 1 aliphatic carbocycles. The van der Waals surface area contributed by atoms with Crippen molar-refractivity contribution < 1.29 is 0 Å². The molecular weight excluding hydrogens is 192 g/mol. The Morgan fingerprint density at radius 3 is 2.31 bits per heavy atom. The zero-order valence-electron chi connectivity index (χ0n) is 11.8. The lowest BCUT2D eigenvalue weighted by Crippen LogP contribution is -2.12. The van der Waals surface area contributed by atoms with Crippen LogP contribution in [0.3, 0.4) is 0 Å². The maximum absolute atomic E-state index is 2.42. The molecule has 0 bridgehead atoms. The van der Waals surface area contributed by atoms with E-state index < -0.39 is 0 Å². The zero-order chi connectivity index (χ0) is 11.8. The Kier molecular flexibility index (Phi) is 7.16. The van der Waals surface area contributed by atoms with Gasteiger partial charge in [-0.25, -0.2) is 0 Å². The van der Waals surface area contributed by atoms with E-state index in [0.717, 1.165) is 17.8 Å². The molecule has 1 aliphatic rings. The summed E-state index contributed by atoms with van der Waals surface area (Å²) in [6, 6.07) is 0. The monoisotopic (exact) mass is 224 g/mol. The normalized spacial score (nSPS) is 27.9. The van der Waals surface area contributed by atoms with Crippen molar-refractivity contribution in [2.24, 2.45) is 17.8 Å². The van der Waals surface area contributed by atoms with Gasteiger partial charge in [0.05, 0.1) is 0 Å². The smallest absolute Gasteiger partial charge is 0.0414 e. The molecule has 0 N–H and O–H groups in total. The Morgan fingerprint density at radius 1 is 1.00 bits per heavy atom. The standard InChI is InChI=1S/C16H32/c1-4-7-14(2)8-5-6-9-16-12-10-15(3)11-13-16/h14-16H,4-13H2,1-3H3. The highest BCUT2D eigenvalue weighted by atomic mass is 14.2. The van der Waals surface area contributed by atoms with Crippen LogP contribution in [0.15, 0.2) is 0 Å². The number of hydrogen-bond acceptors (Lipinski definition) is 0. The van der Waals surface area contributed by atoms with E-state index in [9.17, 15) is 0 Å². The van der Waals surface area contributed by atoms with Gasteiger partial charge < -0.3 is 0 Å². The van der Waals surface area contributed by atoms with Crippen LogP contribution in [0.25, 0.3) is 0 Å². The Hall–Kier alpha value is 0. The summed E-state index contributed by atoms with van der Waals surface area (Å²) in [6.45, 7) is 7.15. The van der Waals surface area contributed by atoms with E-state index in [1.807, 2.05) is 0 Å². The second-order valence-electron chi connectivity index (χ2n) is 6.30. The van der Waals surface area contributed by atoms with Gasteiger partial charge in [0.25, 0.3) is 0 Å². The van der Waals surface area contributed by atoms with Crippen LogP contribution in [0.4, 0.5) is 0 Å². The van der Waals surface area contributed by atoms with E-state index in [1.54, 1.807) is 0 Å². The molecule has 0 saturated heterocycles. The highest BCUT2D eigenvalue weighted by Crippen LogP contribution is 2.31. The highest BCUT2D eigenvalue weighted by Gasteiger charge is 2.17. The van der Waals surface area contributed by atoms with Crippen LogP contribution in [0.5, 0.6) is 0 Å². The number of hydrogen-bond donors (Lipinski definition) is 0. The van der Waals surface area contributed by atoms with E-state index in [-0.39, 0.29) is 0 Å². The molecule has 0 amide bonds. The van der Waals surface area contributed by atoms with Crippen LogP contribution in [-0.4, -0.2) is 0 Å². The highest BCUT2D eigenvalue weighted by molar-refractivity contribution is 4.70. The van der Waals surface area contributed by atoms with Gasteiger partial charge in [0.15, 0.2) is 0 Å². The Bertz CT molecular complexity index is 153. The first-order chi connectivity index (χ1) is 7.72. The Morgan fingerprint density at radius 2 is 1.69 bits per heavy atom. The van der Waals surface area contributed by atoms with Gasteiger partial charge in [-0.1, -0.05) is 85.0 Å². The molecule has 0 heteroatoms. The molecule has 0 aliphatic heterocycles. The molecule has 1 rings (SSSR count). The van der Waals surface area contributed by atoms with E-state index in [0.29, 0.717) is 0 Å². The fraction of sp³-hybridized carbons (Fsp3) is 1.00. The molecule has 0 spiro atoms. The second-order valence-corrected chi connectivity index (χ2v) is 6.30.